The van der Waals surface area contributed by atoms with Crippen molar-refractivity contribution in [1.29, 1.82) is 0 Å². The molecule has 2 rings (SSSR count). The summed E-state index contributed by atoms with van der Waals surface area (Å²) in [5, 5.41) is 3.26. The van der Waals surface area contributed by atoms with E-state index in [1.54, 1.807) is 6.20 Å². The minimum atomic E-state index is 0.713. The van der Waals surface area contributed by atoms with Gasteiger partial charge in [-0.3, -0.25) is 0 Å². The maximum absolute atomic E-state index is 4.13. The maximum Gasteiger partial charge on any atom is 0.129 e. The Hall–Kier alpha value is -1.36. The summed E-state index contributed by atoms with van der Waals surface area (Å²) in [6.45, 7) is 2.65. The van der Waals surface area contributed by atoms with Crippen molar-refractivity contribution in [3.63, 3.8) is 0 Å². The van der Waals surface area contributed by atoms with E-state index in [4.69, 9.17) is 0 Å². The van der Waals surface area contributed by atoms with Crippen LogP contribution >= 0.6 is 15.9 Å². The first-order valence-corrected chi connectivity index (χ1v) is 5.40. The number of imidazole rings is 1. The normalized spacial score (nSPS) is 10.3. The second-order valence-corrected chi connectivity index (χ2v) is 3.94. The van der Waals surface area contributed by atoms with E-state index in [9.17, 15) is 0 Å². The Morgan fingerprint density at radius 3 is 3.00 bits per heavy atom. The van der Waals surface area contributed by atoms with Crippen LogP contribution in [0.15, 0.2) is 29.1 Å². The van der Waals surface area contributed by atoms with Crippen LogP contribution in [0.2, 0.25) is 0 Å². The molecule has 0 aliphatic heterocycles. The Balaban J connectivity index is 2.02. The smallest absolute Gasteiger partial charge is 0.129 e. The van der Waals surface area contributed by atoms with Gasteiger partial charge in [0.25, 0.3) is 0 Å². The third kappa shape index (κ3) is 2.56. The number of rotatable bonds is 3. The molecule has 0 unspecified atom stereocenters. The van der Waals surface area contributed by atoms with E-state index in [1.807, 2.05) is 25.3 Å². The number of nitrogens with zero attached hydrogens (tertiary/aromatic N) is 2. The van der Waals surface area contributed by atoms with Crippen LogP contribution in [0.5, 0.6) is 0 Å². The minimum absolute atomic E-state index is 0.713. The van der Waals surface area contributed by atoms with Gasteiger partial charge in [0.15, 0.2) is 0 Å². The molecular formula is C10H11BrN4. The van der Waals surface area contributed by atoms with Crippen molar-refractivity contribution < 1.29 is 0 Å². The fourth-order valence-electron chi connectivity index (χ4n) is 1.27. The fourth-order valence-corrected chi connectivity index (χ4v) is 1.66. The maximum atomic E-state index is 4.13. The van der Waals surface area contributed by atoms with Gasteiger partial charge in [-0.15, -0.1) is 0 Å². The SMILES string of the molecule is Cc1ncc(CNc2cccnc2Br)[nH]1. The molecule has 0 amide bonds. The molecule has 5 heteroatoms. The molecule has 0 spiro atoms. The summed E-state index contributed by atoms with van der Waals surface area (Å²) >= 11 is 3.38. The van der Waals surface area contributed by atoms with E-state index < -0.39 is 0 Å². The number of hydrogen-bond donors (Lipinski definition) is 2. The van der Waals surface area contributed by atoms with Crippen molar-refractivity contribution in [2.45, 2.75) is 13.5 Å². The Morgan fingerprint density at radius 2 is 2.33 bits per heavy atom. The molecule has 2 heterocycles. The average molecular weight is 267 g/mol. The lowest BCUT2D eigenvalue weighted by molar-refractivity contribution is 1.04. The number of aryl methyl sites for hydroxylation is 1. The fraction of sp³-hybridized carbons (Fsp3) is 0.200. The van der Waals surface area contributed by atoms with Crippen molar-refractivity contribution >= 4 is 21.6 Å². The number of hydrogen-bond acceptors (Lipinski definition) is 3. The van der Waals surface area contributed by atoms with Gasteiger partial charge in [-0.25, -0.2) is 9.97 Å². The summed E-state index contributed by atoms with van der Waals surface area (Å²) in [5.41, 5.74) is 2.04. The molecule has 4 nitrogen and oxygen atoms in total. The third-order valence-electron chi connectivity index (χ3n) is 1.98. The van der Waals surface area contributed by atoms with Crippen LogP contribution in [-0.4, -0.2) is 15.0 Å². The number of nitrogens with one attached hydrogen (secondary N) is 2. The van der Waals surface area contributed by atoms with Crippen molar-refractivity contribution in [3.8, 4) is 0 Å². The lowest BCUT2D eigenvalue weighted by atomic mass is 10.4. The topological polar surface area (TPSA) is 53.6 Å². The van der Waals surface area contributed by atoms with Crippen LogP contribution in [-0.2, 0) is 6.54 Å². The van der Waals surface area contributed by atoms with E-state index in [0.29, 0.717) is 6.54 Å². The van der Waals surface area contributed by atoms with Gasteiger partial charge in [-0.05, 0) is 35.0 Å². The predicted molar refractivity (Wildman–Crippen MR) is 62.6 cm³/mol. The highest BCUT2D eigenvalue weighted by Crippen LogP contribution is 2.18. The van der Waals surface area contributed by atoms with Crippen molar-refractivity contribution in [2.75, 3.05) is 5.32 Å². The first-order chi connectivity index (χ1) is 7.25. The molecule has 2 aromatic rings. The summed E-state index contributed by atoms with van der Waals surface area (Å²) in [6, 6.07) is 3.87. The van der Waals surface area contributed by atoms with Gasteiger partial charge in [-0.2, -0.15) is 0 Å². The van der Waals surface area contributed by atoms with E-state index in [-0.39, 0.29) is 0 Å². The average Bonchev–Trinajstić information content (AvgIpc) is 2.63. The summed E-state index contributed by atoms with van der Waals surface area (Å²) in [7, 11) is 0. The molecule has 15 heavy (non-hydrogen) atoms. The number of H-pyrrole nitrogens is 1. The second-order valence-electron chi connectivity index (χ2n) is 3.19. The Morgan fingerprint density at radius 1 is 1.47 bits per heavy atom. The highest BCUT2D eigenvalue weighted by molar-refractivity contribution is 9.10. The number of aromatic nitrogens is 3. The first kappa shape index (κ1) is 10.2. The van der Waals surface area contributed by atoms with Crippen LogP contribution in [0.4, 0.5) is 5.69 Å². The third-order valence-corrected chi connectivity index (χ3v) is 2.62. The van der Waals surface area contributed by atoms with Crippen LogP contribution in [0.1, 0.15) is 11.5 Å². The second kappa shape index (κ2) is 4.44. The van der Waals surface area contributed by atoms with Gasteiger partial charge in [0.1, 0.15) is 10.4 Å². The van der Waals surface area contributed by atoms with E-state index in [2.05, 4.69) is 36.2 Å². The van der Waals surface area contributed by atoms with Crippen LogP contribution in [0, 0.1) is 6.92 Å². The summed E-state index contributed by atoms with van der Waals surface area (Å²) < 4.78 is 0.821. The molecule has 0 aliphatic rings. The molecule has 0 fully saturated rings. The molecule has 78 valence electrons. The summed E-state index contributed by atoms with van der Waals surface area (Å²) in [5.74, 6) is 0.928. The summed E-state index contributed by atoms with van der Waals surface area (Å²) in [6.07, 6.45) is 3.57. The predicted octanol–water partition coefficient (Wildman–Crippen LogP) is 2.49. The zero-order valence-corrected chi connectivity index (χ0v) is 9.87. The number of anilines is 1. The zero-order valence-electron chi connectivity index (χ0n) is 8.29. The van der Waals surface area contributed by atoms with Crippen molar-refractivity contribution in [3.05, 3.63) is 40.6 Å². The van der Waals surface area contributed by atoms with Crippen LogP contribution < -0.4 is 5.32 Å². The summed E-state index contributed by atoms with van der Waals surface area (Å²) in [4.78, 5) is 11.4. The van der Waals surface area contributed by atoms with Crippen molar-refractivity contribution in [2.24, 2.45) is 0 Å². The van der Waals surface area contributed by atoms with Gasteiger partial charge in [0, 0.05) is 6.20 Å². The number of aromatic amines is 1. The molecule has 2 aromatic heterocycles. The van der Waals surface area contributed by atoms with Gasteiger partial charge in [0.05, 0.1) is 24.1 Å². The molecule has 2 N–H and O–H groups in total. The quantitative estimate of drug-likeness (QED) is 0.840. The van der Waals surface area contributed by atoms with Gasteiger partial charge >= 0.3 is 0 Å². The Labute approximate surface area is 96.3 Å². The van der Waals surface area contributed by atoms with Gasteiger partial charge < -0.3 is 10.3 Å². The lowest BCUT2D eigenvalue weighted by Gasteiger charge is -2.05. The van der Waals surface area contributed by atoms with Crippen LogP contribution in [0.25, 0.3) is 0 Å². The zero-order chi connectivity index (χ0) is 10.7. The Bertz CT molecular complexity index is 452. The first-order valence-electron chi connectivity index (χ1n) is 4.60. The molecule has 0 saturated carbocycles. The van der Waals surface area contributed by atoms with Crippen molar-refractivity contribution in [1.82, 2.24) is 15.0 Å². The monoisotopic (exact) mass is 266 g/mol. The highest BCUT2D eigenvalue weighted by atomic mass is 79.9. The van der Waals surface area contributed by atoms with Gasteiger partial charge in [0.2, 0.25) is 0 Å². The number of pyridine rings is 1. The lowest BCUT2D eigenvalue weighted by Crippen LogP contribution is -2.00. The standard InChI is InChI=1S/C10H11BrN4/c1-7-13-5-8(15-7)6-14-9-3-2-4-12-10(9)11/h2-5,14H,6H2,1H3,(H,13,15). The number of halogens is 1. The van der Waals surface area contributed by atoms with E-state index in [0.717, 1.165) is 21.8 Å². The largest absolute Gasteiger partial charge is 0.377 e. The van der Waals surface area contributed by atoms with Gasteiger partial charge in [-0.1, -0.05) is 0 Å². The van der Waals surface area contributed by atoms with Crippen LogP contribution in [0.3, 0.4) is 0 Å². The minimum Gasteiger partial charge on any atom is -0.377 e. The molecular weight excluding hydrogens is 256 g/mol. The highest BCUT2D eigenvalue weighted by Gasteiger charge is 2.00. The molecule has 0 bridgehead atoms. The van der Waals surface area contributed by atoms with E-state index >= 15 is 0 Å². The molecule has 0 saturated heterocycles. The molecule has 0 atom stereocenters. The Kier molecular flexibility index (Phi) is 3.01. The molecule has 0 aliphatic carbocycles. The molecule has 0 aromatic carbocycles. The van der Waals surface area contributed by atoms with E-state index in [1.165, 1.54) is 0 Å². The molecule has 0 radical (unpaired) electrons.